The first-order chi connectivity index (χ1) is 13.9. The highest BCUT2D eigenvalue weighted by Gasteiger charge is 2.50. The Hall–Kier alpha value is -3.18. The quantitative estimate of drug-likeness (QED) is 0.648. The molecule has 2 aromatic carbocycles. The standard InChI is InChI=1S/C24H23NO4/c1-16-15-29-17(2)22(16)21(26)14-24(28)19-10-6-7-11-20(19)25(23(24)27)13-12-18-8-4-3-5-9-18/h3-11,15,28H,12-14H2,1-2H3/t24-/m0/s1. The monoisotopic (exact) mass is 389 g/mol. The van der Waals surface area contributed by atoms with Crippen molar-refractivity contribution in [2.75, 3.05) is 11.4 Å². The van der Waals surface area contributed by atoms with Gasteiger partial charge in [0.25, 0.3) is 5.91 Å². The highest BCUT2D eigenvalue weighted by Crippen LogP contribution is 2.43. The van der Waals surface area contributed by atoms with E-state index in [0.717, 1.165) is 5.56 Å². The highest BCUT2D eigenvalue weighted by atomic mass is 16.3. The topological polar surface area (TPSA) is 70.7 Å². The lowest BCUT2D eigenvalue weighted by Gasteiger charge is -2.23. The molecule has 0 fully saturated rings. The maximum atomic E-state index is 13.3. The van der Waals surface area contributed by atoms with Gasteiger partial charge in [-0.3, -0.25) is 9.59 Å². The number of amides is 1. The predicted molar refractivity (Wildman–Crippen MR) is 110 cm³/mol. The van der Waals surface area contributed by atoms with Gasteiger partial charge in [-0.25, -0.2) is 0 Å². The number of anilines is 1. The number of furan rings is 1. The van der Waals surface area contributed by atoms with Crippen molar-refractivity contribution in [1.29, 1.82) is 0 Å². The van der Waals surface area contributed by atoms with E-state index < -0.39 is 11.5 Å². The third kappa shape index (κ3) is 3.28. The summed E-state index contributed by atoms with van der Waals surface area (Å²) in [6, 6.07) is 17.0. The van der Waals surface area contributed by atoms with Gasteiger partial charge in [-0.15, -0.1) is 0 Å². The van der Waals surface area contributed by atoms with Gasteiger partial charge in [-0.2, -0.15) is 0 Å². The zero-order valence-electron chi connectivity index (χ0n) is 16.5. The van der Waals surface area contributed by atoms with Crippen LogP contribution in [0.4, 0.5) is 5.69 Å². The molecule has 0 spiro atoms. The van der Waals surface area contributed by atoms with Gasteiger partial charge >= 0.3 is 0 Å². The first kappa shape index (κ1) is 19.2. The fraction of sp³-hybridized carbons (Fsp3) is 0.250. The lowest BCUT2D eigenvalue weighted by molar-refractivity contribution is -0.135. The van der Waals surface area contributed by atoms with E-state index in [9.17, 15) is 14.7 Å². The number of hydrogen-bond acceptors (Lipinski definition) is 4. The van der Waals surface area contributed by atoms with Crippen LogP contribution in [0.2, 0.25) is 0 Å². The molecule has 5 heteroatoms. The Bertz CT molecular complexity index is 1050. The number of Topliss-reactive ketones (excluding diaryl/α,β-unsaturated/α-hetero) is 1. The lowest BCUT2D eigenvalue weighted by atomic mass is 9.87. The van der Waals surface area contributed by atoms with Crippen LogP contribution in [0.1, 0.15) is 39.2 Å². The summed E-state index contributed by atoms with van der Waals surface area (Å²) in [5.74, 6) is -0.262. The van der Waals surface area contributed by atoms with Crippen molar-refractivity contribution in [1.82, 2.24) is 0 Å². The molecule has 0 aliphatic carbocycles. The molecule has 3 aromatic rings. The van der Waals surface area contributed by atoms with Crippen LogP contribution in [0.15, 0.2) is 65.3 Å². The summed E-state index contributed by atoms with van der Waals surface area (Å²) in [7, 11) is 0. The van der Waals surface area contributed by atoms with Gasteiger partial charge in [0.15, 0.2) is 11.4 Å². The number of para-hydroxylation sites is 1. The number of hydrogen-bond donors (Lipinski definition) is 1. The Morgan fingerprint density at radius 3 is 2.45 bits per heavy atom. The third-order valence-electron chi connectivity index (χ3n) is 5.56. The smallest absolute Gasteiger partial charge is 0.264 e. The summed E-state index contributed by atoms with van der Waals surface area (Å²) < 4.78 is 5.32. The molecule has 1 N–H and O–H groups in total. The van der Waals surface area contributed by atoms with Crippen LogP contribution >= 0.6 is 0 Å². The van der Waals surface area contributed by atoms with Crippen molar-refractivity contribution in [3.8, 4) is 0 Å². The van der Waals surface area contributed by atoms with Crippen LogP contribution in [-0.4, -0.2) is 23.3 Å². The first-order valence-electron chi connectivity index (χ1n) is 9.67. The maximum absolute atomic E-state index is 13.3. The number of aryl methyl sites for hydroxylation is 2. The molecule has 1 aliphatic heterocycles. The summed E-state index contributed by atoms with van der Waals surface area (Å²) in [5.41, 5.74) is 1.51. The molecule has 2 heterocycles. The lowest BCUT2D eigenvalue weighted by Crippen LogP contribution is -2.42. The second-order valence-electron chi connectivity index (χ2n) is 7.52. The van der Waals surface area contributed by atoms with Crippen LogP contribution < -0.4 is 4.90 Å². The van der Waals surface area contributed by atoms with Crippen LogP contribution in [0.3, 0.4) is 0 Å². The molecule has 1 atom stereocenters. The normalized spacial score (nSPS) is 18.2. The number of aliphatic hydroxyl groups is 1. The van der Waals surface area contributed by atoms with E-state index in [2.05, 4.69) is 0 Å². The van der Waals surface area contributed by atoms with E-state index in [1.165, 1.54) is 6.26 Å². The molecule has 4 rings (SSSR count). The Kier molecular flexibility index (Phi) is 4.84. The third-order valence-corrected chi connectivity index (χ3v) is 5.56. The zero-order chi connectivity index (χ0) is 20.6. The van der Waals surface area contributed by atoms with Gasteiger partial charge in [-0.05, 0) is 37.5 Å². The molecule has 1 aromatic heterocycles. The molecule has 0 unspecified atom stereocenters. The van der Waals surface area contributed by atoms with E-state index in [4.69, 9.17) is 4.42 Å². The Balaban J connectivity index is 1.63. The van der Waals surface area contributed by atoms with Crippen LogP contribution in [0.25, 0.3) is 0 Å². The summed E-state index contributed by atoms with van der Waals surface area (Å²) in [6.07, 6.45) is 1.86. The minimum absolute atomic E-state index is 0.302. The van der Waals surface area contributed by atoms with Crippen molar-refractivity contribution < 1.29 is 19.1 Å². The van der Waals surface area contributed by atoms with Gasteiger partial charge in [0, 0.05) is 12.1 Å². The second kappa shape index (κ2) is 7.33. The van der Waals surface area contributed by atoms with Gasteiger partial charge in [0.05, 0.1) is 23.9 Å². The van der Waals surface area contributed by atoms with Crippen LogP contribution in [0.5, 0.6) is 0 Å². The second-order valence-corrected chi connectivity index (χ2v) is 7.52. The minimum atomic E-state index is -1.87. The fourth-order valence-electron chi connectivity index (χ4n) is 4.09. The Morgan fingerprint density at radius 2 is 1.76 bits per heavy atom. The molecule has 1 amide bonds. The summed E-state index contributed by atoms with van der Waals surface area (Å²) in [6.45, 7) is 3.92. The van der Waals surface area contributed by atoms with Gasteiger partial charge in [0.1, 0.15) is 5.76 Å². The van der Waals surface area contributed by atoms with Crippen molar-refractivity contribution in [3.63, 3.8) is 0 Å². The Labute approximate surface area is 169 Å². The molecule has 5 nitrogen and oxygen atoms in total. The summed E-state index contributed by atoms with van der Waals surface area (Å²) in [5, 5.41) is 11.4. The molecule has 0 saturated carbocycles. The average molecular weight is 389 g/mol. The van der Waals surface area contributed by atoms with Gasteiger partial charge in [0.2, 0.25) is 0 Å². The molecular weight excluding hydrogens is 366 g/mol. The Morgan fingerprint density at radius 1 is 1.07 bits per heavy atom. The number of carbonyl (C=O) groups is 2. The predicted octanol–water partition coefficient (Wildman–Crippen LogP) is 3.95. The van der Waals surface area contributed by atoms with Crippen molar-refractivity contribution >= 4 is 17.4 Å². The average Bonchev–Trinajstić information content (AvgIpc) is 3.16. The fourth-order valence-corrected chi connectivity index (χ4v) is 4.09. The molecule has 0 bridgehead atoms. The number of ketones is 1. The van der Waals surface area contributed by atoms with Gasteiger partial charge in [-0.1, -0.05) is 48.5 Å². The highest BCUT2D eigenvalue weighted by molar-refractivity contribution is 6.11. The van der Waals surface area contributed by atoms with E-state index in [1.54, 1.807) is 30.9 Å². The minimum Gasteiger partial charge on any atom is -0.469 e. The number of carbonyl (C=O) groups excluding carboxylic acids is 2. The van der Waals surface area contributed by atoms with Crippen LogP contribution in [0, 0.1) is 13.8 Å². The SMILES string of the molecule is Cc1coc(C)c1C(=O)C[C@@]1(O)C(=O)N(CCc2ccccc2)c2ccccc21. The molecule has 0 saturated heterocycles. The molecule has 29 heavy (non-hydrogen) atoms. The van der Waals surface area contributed by atoms with E-state index in [0.29, 0.717) is 41.1 Å². The zero-order valence-corrected chi connectivity index (χ0v) is 16.5. The largest absolute Gasteiger partial charge is 0.469 e. The molecule has 0 radical (unpaired) electrons. The van der Waals surface area contributed by atoms with Crippen molar-refractivity contribution in [2.45, 2.75) is 32.3 Å². The van der Waals surface area contributed by atoms with E-state index >= 15 is 0 Å². The van der Waals surface area contributed by atoms with Crippen molar-refractivity contribution in [3.05, 3.63) is 88.9 Å². The molecular formula is C24H23NO4. The van der Waals surface area contributed by atoms with Gasteiger partial charge < -0.3 is 14.4 Å². The number of benzene rings is 2. The van der Waals surface area contributed by atoms with E-state index in [1.807, 2.05) is 42.5 Å². The number of nitrogens with zero attached hydrogens (tertiary/aromatic N) is 1. The first-order valence-corrected chi connectivity index (χ1v) is 9.67. The summed E-state index contributed by atoms with van der Waals surface area (Å²) in [4.78, 5) is 27.8. The molecule has 148 valence electrons. The summed E-state index contributed by atoms with van der Waals surface area (Å²) >= 11 is 0. The maximum Gasteiger partial charge on any atom is 0.264 e. The number of rotatable bonds is 6. The van der Waals surface area contributed by atoms with E-state index in [-0.39, 0.29) is 12.2 Å². The van der Waals surface area contributed by atoms with Crippen LogP contribution in [-0.2, 0) is 16.8 Å². The van der Waals surface area contributed by atoms with Crippen molar-refractivity contribution in [2.24, 2.45) is 0 Å². The molecule has 1 aliphatic rings. The number of fused-ring (bicyclic) bond motifs is 1.